The molecule has 2 atom stereocenters. The maximum Gasteiger partial charge on any atom is 0.255 e. The first-order valence-corrected chi connectivity index (χ1v) is 11.6. The second-order valence-electron chi connectivity index (χ2n) is 8.01. The lowest BCUT2D eigenvalue weighted by Crippen LogP contribution is -2.40. The molecule has 2 aliphatic rings. The Morgan fingerprint density at radius 3 is 2.52 bits per heavy atom. The molecule has 4 rings (SSSR count). The van der Waals surface area contributed by atoms with Crippen LogP contribution >= 0.6 is 23.2 Å². The minimum Gasteiger partial charge on any atom is -0.484 e. The van der Waals surface area contributed by atoms with Crippen LogP contribution in [0.5, 0.6) is 5.75 Å². The first kappa shape index (κ1) is 25.3. The molecule has 2 amide bonds. The lowest BCUT2D eigenvalue weighted by molar-refractivity contribution is -0.145. The van der Waals surface area contributed by atoms with Crippen LogP contribution in [0.4, 0.5) is 4.39 Å². The van der Waals surface area contributed by atoms with Gasteiger partial charge in [0.05, 0.1) is 5.02 Å². The molecule has 9 heteroatoms. The second kappa shape index (κ2) is 12.2. The van der Waals surface area contributed by atoms with E-state index in [9.17, 15) is 14.0 Å². The van der Waals surface area contributed by atoms with Gasteiger partial charge in [-0.1, -0.05) is 35.3 Å². The van der Waals surface area contributed by atoms with Gasteiger partial charge in [-0.25, -0.2) is 4.39 Å². The van der Waals surface area contributed by atoms with E-state index in [1.54, 1.807) is 0 Å². The number of rotatable bonds is 5. The summed E-state index contributed by atoms with van der Waals surface area (Å²) in [5, 5.41) is 0.765. The van der Waals surface area contributed by atoms with Crippen molar-refractivity contribution < 1.29 is 23.5 Å². The van der Waals surface area contributed by atoms with Crippen LogP contribution in [0.15, 0.2) is 42.5 Å². The van der Waals surface area contributed by atoms with Crippen molar-refractivity contribution in [3.05, 3.63) is 63.9 Å². The third-order valence-corrected chi connectivity index (χ3v) is 6.13. The molecule has 33 heavy (non-hydrogen) atoms. The summed E-state index contributed by atoms with van der Waals surface area (Å²) >= 11 is 11.3. The number of carbonyl (C=O) groups is 2. The number of carbonyl (C=O) groups excluding carboxylic acids is 2. The highest BCUT2D eigenvalue weighted by molar-refractivity contribution is 6.30. The highest BCUT2D eigenvalue weighted by Gasteiger charge is 2.32. The van der Waals surface area contributed by atoms with E-state index in [1.807, 2.05) is 17.0 Å². The molecular weight excluding hydrogens is 470 g/mol. The Kier molecular flexibility index (Phi) is 9.35. The van der Waals surface area contributed by atoms with Crippen LogP contribution < -0.4 is 10.5 Å². The number of nitrogens with zero attached hydrogens (tertiary/aromatic N) is 1. The minimum absolute atomic E-state index is 0.00595. The number of benzene rings is 2. The van der Waals surface area contributed by atoms with Crippen molar-refractivity contribution >= 4 is 35.0 Å². The van der Waals surface area contributed by atoms with E-state index in [4.69, 9.17) is 38.4 Å². The number of halogens is 3. The summed E-state index contributed by atoms with van der Waals surface area (Å²) in [5.41, 5.74) is 6.10. The Balaban J connectivity index is 0.000000205. The predicted molar refractivity (Wildman–Crippen MR) is 125 cm³/mol. The molecule has 0 radical (unpaired) electrons. The van der Waals surface area contributed by atoms with Crippen LogP contribution in [0.3, 0.4) is 0 Å². The van der Waals surface area contributed by atoms with Crippen LogP contribution in [0, 0.1) is 5.82 Å². The number of primary amides is 1. The summed E-state index contributed by atoms with van der Waals surface area (Å²) in [5.74, 6) is -0.374. The molecule has 2 unspecified atom stereocenters. The molecule has 0 aromatic heterocycles. The number of amides is 2. The van der Waals surface area contributed by atoms with Gasteiger partial charge in [-0.05, 0) is 55.5 Å². The zero-order chi connectivity index (χ0) is 23.8. The van der Waals surface area contributed by atoms with Crippen molar-refractivity contribution in [2.24, 2.45) is 5.73 Å². The molecule has 0 saturated carbocycles. The van der Waals surface area contributed by atoms with Gasteiger partial charge in [0.15, 0.2) is 6.61 Å². The third kappa shape index (κ3) is 7.59. The third-order valence-electron chi connectivity index (χ3n) is 5.57. The predicted octanol–water partition coefficient (Wildman–Crippen LogP) is 4.57. The summed E-state index contributed by atoms with van der Waals surface area (Å²) in [4.78, 5) is 24.7. The first-order chi connectivity index (χ1) is 15.8. The molecule has 6 nitrogen and oxygen atoms in total. The van der Waals surface area contributed by atoms with Crippen LogP contribution in [0.1, 0.15) is 37.2 Å². The van der Waals surface area contributed by atoms with Gasteiger partial charge in [0.2, 0.25) is 0 Å². The lowest BCUT2D eigenvalue weighted by Gasteiger charge is -2.26. The van der Waals surface area contributed by atoms with Gasteiger partial charge in [-0.15, -0.1) is 0 Å². The fraction of sp³-hybridized carbons (Fsp3) is 0.417. The Labute approximate surface area is 202 Å². The van der Waals surface area contributed by atoms with Gasteiger partial charge in [-0.3, -0.25) is 9.59 Å². The van der Waals surface area contributed by atoms with Crippen LogP contribution in [-0.2, 0) is 14.3 Å². The highest BCUT2D eigenvalue weighted by atomic mass is 35.5. The monoisotopic (exact) mass is 496 g/mol. The normalized spacial score (nSPS) is 20.0. The van der Waals surface area contributed by atoms with E-state index in [0.717, 1.165) is 56.5 Å². The molecule has 2 N–H and O–H groups in total. The standard InChI is InChI=1S/C16H20ClNO2.C8H7ClFNO2/c17-14-6-4-12(5-7-14)13-8-9-18(11-13)16(19)15-3-1-2-10-20-15;9-6-2-1-5(3-7(6)10)13-4-8(11)12/h4-7,13,15H,1-3,8-11H2;1-3H,4H2,(H2,11,12). The van der Waals surface area contributed by atoms with Crippen molar-refractivity contribution in [3.8, 4) is 5.75 Å². The molecule has 0 bridgehead atoms. The zero-order valence-corrected chi connectivity index (χ0v) is 19.7. The van der Waals surface area contributed by atoms with Crippen LogP contribution in [0.25, 0.3) is 0 Å². The zero-order valence-electron chi connectivity index (χ0n) is 18.1. The van der Waals surface area contributed by atoms with Gasteiger partial charge in [0, 0.05) is 36.7 Å². The maximum atomic E-state index is 12.8. The first-order valence-electron chi connectivity index (χ1n) is 10.9. The topological polar surface area (TPSA) is 81.9 Å². The largest absolute Gasteiger partial charge is 0.484 e. The smallest absolute Gasteiger partial charge is 0.255 e. The minimum atomic E-state index is -0.615. The average molecular weight is 497 g/mol. The lowest BCUT2D eigenvalue weighted by atomic mass is 9.99. The summed E-state index contributed by atoms with van der Waals surface area (Å²) < 4.78 is 23.2. The summed E-state index contributed by atoms with van der Waals surface area (Å²) in [6.45, 7) is 2.10. The van der Waals surface area contributed by atoms with E-state index in [2.05, 4.69) is 12.1 Å². The fourth-order valence-electron chi connectivity index (χ4n) is 3.83. The molecule has 2 aromatic carbocycles. The molecule has 0 aliphatic carbocycles. The summed E-state index contributed by atoms with van der Waals surface area (Å²) in [7, 11) is 0. The van der Waals surface area contributed by atoms with Gasteiger partial charge in [0.25, 0.3) is 11.8 Å². The summed E-state index contributed by atoms with van der Waals surface area (Å²) in [6.07, 6.45) is 3.89. The number of ether oxygens (including phenoxy) is 2. The van der Waals surface area contributed by atoms with E-state index in [-0.39, 0.29) is 29.4 Å². The Hall–Kier alpha value is -2.35. The molecule has 0 spiro atoms. The number of nitrogens with two attached hydrogens (primary N) is 1. The van der Waals surface area contributed by atoms with E-state index in [0.29, 0.717) is 5.92 Å². The van der Waals surface area contributed by atoms with Crippen LogP contribution in [-0.4, -0.2) is 49.1 Å². The summed E-state index contributed by atoms with van der Waals surface area (Å²) in [6, 6.07) is 11.9. The highest BCUT2D eigenvalue weighted by Crippen LogP contribution is 2.29. The van der Waals surface area contributed by atoms with Crippen LogP contribution in [0.2, 0.25) is 10.0 Å². The fourth-order valence-corrected chi connectivity index (χ4v) is 4.07. The molecule has 2 aromatic rings. The molecule has 2 aliphatic heterocycles. The van der Waals surface area contributed by atoms with Gasteiger partial charge < -0.3 is 20.1 Å². The Morgan fingerprint density at radius 2 is 1.88 bits per heavy atom. The average Bonchev–Trinajstić information content (AvgIpc) is 3.31. The van der Waals surface area contributed by atoms with Crippen molar-refractivity contribution in [3.63, 3.8) is 0 Å². The Morgan fingerprint density at radius 1 is 1.12 bits per heavy atom. The van der Waals surface area contributed by atoms with Gasteiger partial charge in [0.1, 0.15) is 17.7 Å². The maximum absolute atomic E-state index is 12.8. The molecular formula is C24H27Cl2FN2O4. The molecule has 2 fully saturated rings. The van der Waals surface area contributed by atoms with Crippen molar-refractivity contribution in [2.45, 2.75) is 37.7 Å². The van der Waals surface area contributed by atoms with Crippen molar-refractivity contribution in [1.29, 1.82) is 0 Å². The van der Waals surface area contributed by atoms with E-state index in [1.165, 1.54) is 17.7 Å². The number of hydrogen-bond donors (Lipinski definition) is 1. The number of hydrogen-bond acceptors (Lipinski definition) is 4. The quantitative estimate of drug-likeness (QED) is 0.657. The van der Waals surface area contributed by atoms with Crippen molar-refractivity contribution in [1.82, 2.24) is 4.90 Å². The second-order valence-corrected chi connectivity index (χ2v) is 8.85. The molecule has 178 valence electrons. The van der Waals surface area contributed by atoms with E-state index < -0.39 is 11.7 Å². The van der Waals surface area contributed by atoms with E-state index >= 15 is 0 Å². The Bertz CT molecular complexity index is 952. The molecule has 2 saturated heterocycles. The van der Waals surface area contributed by atoms with Gasteiger partial charge in [-0.2, -0.15) is 0 Å². The number of likely N-dealkylation sites (tertiary alicyclic amines) is 1. The molecule has 2 heterocycles. The SMILES string of the molecule is NC(=O)COc1ccc(Cl)c(F)c1.O=C(C1CCCCO1)N1CCC(c2ccc(Cl)cc2)C1. The van der Waals surface area contributed by atoms with Crippen molar-refractivity contribution in [2.75, 3.05) is 26.3 Å². The van der Waals surface area contributed by atoms with Gasteiger partial charge >= 0.3 is 0 Å².